The topological polar surface area (TPSA) is 229 Å². The number of nitrogens with zero attached hydrogens (tertiary/aromatic N) is 5. The predicted molar refractivity (Wildman–Crippen MR) is 164 cm³/mol. The Morgan fingerprint density at radius 1 is 0.837 bits per heavy atom. The second-order valence-electron chi connectivity index (χ2n) is 11.0. The molecule has 11 N–H and O–H groups in total. The smallest absolute Gasteiger partial charge is 0.259 e. The molecule has 43 heavy (non-hydrogen) atoms. The van der Waals surface area contributed by atoms with Gasteiger partial charge in [0.05, 0.1) is 25.5 Å². The number of nitrogens with two attached hydrogens (primary N) is 4. The highest BCUT2D eigenvalue weighted by molar-refractivity contribution is 6.07. The van der Waals surface area contributed by atoms with Gasteiger partial charge in [0, 0.05) is 68.2 Å². The van der Waals surface area contributed by atoms with Gasteiger partial charge in [0.25, 0.3) is 5.91 Å². The standard InChI is InChI=1S/C28H39N11O4/c1-42-20-4-5-21(24(10-20)43-2)25(41)34-22-6-3-19(9-23(22)40)33-26-35-27(38-11-15(29)7-16(30)12-38)37-28(36-26)39-13-17(31)8-18(32)14-39/h3-6,9-10,15-18,40H,7-8,11-14,29-32H2,1-2H3,(H,34,41)(H,33,35,36,37)/t15-,16+,17-,18+. The number of hydrogen-bond donors (Lipinski definition) is 7. The number of methoxy groups -OCH3 is 2. The number of carbonyl (C=O) groups excluding carboxylic acids is 1. The van der Waals surface area contributed by atoms with E-state index in [1.54, 1.807) is 30.3 Å². The van der Waals surface area contributed by atoms with E-state index in [1.807, 2.05) is 9.80 Å². The number of aromatic hydroxyl groups is 1. The van der Waals surface area contributed by atoms with Crippen molar-refractivity contribution < 1.29 is 19.4 Å². The van der Waals surface area contributed by atoms with Crippen LogP contribution in [0.2, 0.25) is 0 Å². The normalized spacial score (nSPS) is 22.2. The van der Waals surface area contributed by atoms with Crippen LogP contribution in [0, 0.1) is 0 Å². The maximum absolute atomic E-state index is 13.0. The summed E-state index contributed by atoms with van der Waals surface area (Å²) in [7, 11) is 2.99. The Labute approximate surface area is 249 Å². The Balaban J connectivity index is 1.39. The van der Waals surface area contributed by atoms with Gasteiger partial charge in [-0.3, -0.25) is 4.79 Å². The van der Waals surface area contributed by atoms with Crippen LogP contribution in [0.5, 0.6) is 17.2 Å². The second-order valence-corrected chi connectivity index (χ2v) is 11.0. The van der Waals surface area contributed by atoms with Gasteiger partial charge in [0.2, 0.25) is 17.8 Å². The third kappa shape index (κ3) is 7.14. The zero-order valence-electron chi connectivity index (χ0n) is 24.2. The number of rotatable bonds is 8. The average Bonchev–Trinajstić information content (AvgIpc) is 2.97. The van der Waals surface area contributed by atoms with E-state index < -0.39 is 5.91 Å². The molecular weight excluding hydrogens is 554 g/mol. The summed E-state index contributed by atoms with van der Waals surface area (Å²) in [5.74, 6) is 1.36. The van der Waals surface area contributed by atoms with Crippen LogP contribution in [0.4, 0.5) is 29.2 Å². The molecule has 230 valence electrons. The lowest BCUT2D eigenvalue weighted by atomic mass is 10.0. The number of phenolic OH excluding ortho intramolecular Hbond substituents is 1. The largest absolute Gasteiger partial charge is 0.506 e. The van der Waals surface area contributed by atoms with Crippen LogP contribution in [0.15, 0.2) is 36.4 Å². The van der Waals surface area contributed by atoms with Crippen molar-refractivity contribution in [1.29, 1.82) is 0 Å². The molecule has 15 heteroatoms. The number of piperidine rings is 2. The summed E-state index contributed by atoms with van der Waals surface area (Å²) >= 11 is 0. The summed E-state index contributed by atoms with van der Waals surface area (Å²) in [5.41, 5.74) is 25.9. The number of carbonyl (C=O) groups is 1. The number of nitrogens with one attached hydrogen (secondary N) is 2. The number of amides is 1. The van der Waals surface area contributed by atoms with Crippen LogP contribution >= 0.6 is 0 Å². The Hall–Kier alpha value is -4.44. The van der Waals surface area contributed by atoms with Crippen molar-refractivity contribution >= 4 is 35.1 Å². The second kappa shape index (κ2) is 12.8. The lowest BCUT2D eigenvalue weighted by molar-refractivity contribution is 0.102. The predicted octanol–water partition coefficient (Wildman–Crippen LogP) is 0.320. The molecule has 3 heterocycles. The summed E-state index contributed by atoms with van der Waals surface area (Å²) in [5, 5.41) is 16.6. The fourth-order valence-electron chi connectivity index (χ4n) is 5.40. The fraction of sp³-hybridized carbons (Fsp3) is 0.429. The first-order chi connectivity index (χ1) is 20.6. The van der Waals surface area contributed by atoms with E-state index in [-0.39, 0.29) is 47.1 Å². The number of benzene rings is 2. The van der Waals surface area contributed by atoms with Gasteiger partial charge in [0.15, 0.2) is 0 Å². The van der Waals surface area contributed by atoms with Crippen LogP contribution in [-0.4, -0.2) is 90.5 Å². The molecule has 1 amide bonds. The Morgan fingerprint density at radius 3 is 1.93 bits per heavy atom. The van der Waals surface area contributed by atoms with E-state index >= 15 is 0 Å². The quantitative estimate of drug-likeness (QED) is 0.175. The number of hydrogen-bond acceptors (Lipinski definition) is 14. The molecule has 4 atom stereocenters. The third-order valence-electron chi connectivity index (χ3n) is 7.36. The molecule has 2 aliphatic heterocycles. The summed E-state index contributed by atoms with van der Waals surface area (Å²) in [6, 6.07) is 9.09. The van der Waals surface area contributed by atoms with Crippen molar-refractivity contribution in [3.63, 3.8) is 0 Å². The number of anilines is 5. The van der Waals surface area contributed by atoms with Gasteiger partial charge in [-0.15, -0.1) is 0 Å². The molecule has 2 fully saturated rings. The highest BCUT2D eigenvalue weighted by atomic mass is 16.5. The number of ether oxygens (including phenoxy) is 2. The van der Waals surface area contributed by atoms with Gasteiger partial charge >= 0.3 is 0 Å². The van der Waals surface area contributed by atoms with Crippen molar-refractivity contribution in [1.82, 2.24) is 15.0 Å². The molecule has 0 radical (unpaired) electrons. The molecule has 0 bridgehead atoms. The van der Waals surface area contributed by atoms with Crippen LogP contribution < -0.4 is 52.8 Å². The molecular formula is C28H39N11O4. The van der Waals surface area contributed by atoms with E-state index in [1.165, 1.54) is 20.3 Å². The molecule has 2 saturated heterocycles. The van der Waals surface area contributed by atoms with Gasteiger partial charge in [0.1, 0.15) is 17.2 Å². The number of phenols is 1. The van der Waals surface area contributed by atoms with E-state index in [9.17, 15) is 9.90 Å². The SMILES string of the molecule is COc1ccc(C(=O)Nc2ccc(Nc3nc(N4C[C@H](N)C[C@H](N)C4)nc(N4C[C@H](N)C[C@H](N)C4)n3)cc2O)c(OC)c1. The zero-order valence-corrected chi connectivity index (χ0v) is 24.2. The Kier molecular flexibility index (Phi) is 8.96. The molecule has 3 aromatic rings. The maximum Gasteiger partial charge on any atom is 0.259 e. The summed E-state index contributed by atoms with van der Waals surface area (Å²) < 4.78 is 10.5. The molecule has 5 rings (SSSR count). The zero-order chi connectivity index (χ0) is 30.7. The first kappa shape index (κ1) is 30.0. The van der Waals surface area contributed by atoms with Crippen molar-refractivity contribution in [3.8, 4) is 17.2 Å². The first-order valence-corrected chi connectivity index (χ1v) is 14.0. The van der Waals surface area contributed by atoms with Gasteiger partial charge in [-0.25, -0.2) is 0 Å². The lowest BCUT2D eigenvalue weighted by Gasteiger charge is -2.37. The Morgan fingerprint density at radius 2 is 1.42 bits per heavy atom. The van der Waals surface area contributed by atoms with Crippen molar-refractivity contribution in [3.05, 3.63) is 42.0 Å². The third-order valence-corrected chi connectivity index (χ3v) is 7.36. The Bertz CT molecular complexity index is 1390. The van der Waals surface area contributed by atoms with E-state index in [0.29, 0.717) is 68.1 Å². The molecule has 1 aromatic heterocycles. The minimum atomic E-state index is -0.460. The van der Waals surface area contributed by atoms with Crippen LogP contribution in [0.1, 0.15) is 23.2 Å². The highest BCUT2D eigenvalue weighted by Gasteiger charge is 2.29. The van der Waals surface area contributed by atoms with E-state index in [4.69, 9.17) is 37.4 Å². The van der Waals surface area contributed by atoms with Gasteiger partial charge < -0.3 is 57.9 Å². The average molecular weight is 594 g/mol. The number of aromatic nitrogens is 3. The van der Waals surface area contributed by atoms with Gasteiger partial charge in [-0.1, -0.05) is 0 Å². The molecule has 2 aliphatic rings. The van der Waals surface area contributed by atoms with Crippen molar-refractivity contribution in [2.45, 2.75) is 37.0 Å². The van der Waals surface area contributed by atoms with Crippen molar-refractivity contribution in [2.24, 2.45) is 22.9 Å². The monoisotopic (exact) mass is 593 g/mol. The van der Waals surface area contributed by atoms with E-state index in [2.05, 4.69) is 20.6 Å². The molecule has 15 nitrogen and oxygen atoms in total. The lowest BCUT2D eigenvalue weighted by Crippen LogP contribution is -2.54. The maximum atomic E-state index is 13.0. The van der Waals surface area contributed by atoms with E-state index in [0.717, 1.165) is 0 Å². The van der Waals surface area contributed by atoms with Gasteiger partial charge in [-0.2, -0.15) is 15.0 Å². The summed E-state index contributed by atoms with van der Waals surface area (Å²) in [6.45, 7) is 2.18. The molecule has 2 aromatic carbocycles. The molecule has 0 saturated carbocycles. The summed E-state index contributed by atoms with van der Waals surface area (Å²) in [6.07, 6.45) is 1.42. The van der Waals surface area contributed by atoms with Crippen molar-refractivity contribution in [2.75, 3.05) is 60.8 Å². The molecule has 0 aliphatic carbocycles. The summed E-state index contributed by atoms with van der Waals surface area (Å²) in [4.78, 5) is 30.9. The fourth-order valence-corrected chi connectivity index (χ4v) is 5.40. The van der Waals surface area contributed by atoms with Crippen LogP contribution in [0.25, 0.3) is 0 Å². The molecule has 0 spiro atoms. The highest BCUT2D eigenvalue weighted by Crippen LogP contribution is 2.31. The minimum Gasteiger partial charge on any atom is -0.506 e. The van der Waals surface area contributed by atoms with Crippen LogP contribution in [0.3, 0.4) is 0 Å². The van der Waals surface area contributed by atoms with Gasteiger partial charge in [-0.05, 0) is 37.1 Å². The first-order valence-electron chi connectivity index (χ1n) is 14.0. The molecule has 0 unspecified atom stereocenters. The van der Waals surface area contributed by atoms with Crippen LogP contribution in [-0.2, 0) is 0 Å². The minimum absolute atomic E-state index is 0.116.